The number of aromatic carboxylic acids is 1. The Morgan fingerprint density at radius 2 is 1.14 bits per heavy atom. The molecule has 10 aromatic rings. The molecule has 7 aromatic heterocycles. The van der Waals surface area contributed by atoms with Crippen LogP contribution in [0.4, 0.5) is 11.6 Å². The number of anilines is 2. The minimum absolute atomic E-state index is 0.0584. The van der Waals surface area contributed by atoms with Crippen LogP contribution in [-0.4, -0.2) is 69.6 Å². The minimum Gasteiger partial charge on any atom is -0.478 e. The highest BCUT2D eigenvalue weighted by Crippen LogP contribution is 2.28. The molecule has 17 nitrogen and oxygen atoms in total. The first kappa shape index (κ1) is 51.9. The van der Waals surface area contributed by atoms with Gasteiger partial charge < -0.3 is 25.2 Å². The van der Waals surface area contributed by atoms with Crippen molar-refractivity contribution in [3.63, 3.8) is 0 Å². The van der Waals surface area contributed by atoms with Crippen molar-refractivity contribution in [3.8, 4) is 22.5 Å². The lowest BCUT2D eigenvalue weighted by molar-refractivity contribution is -0.114. The third kappa shape index (κ3) is 13.5. The topological polar surface area (TPSA) is 260 Å². The summed E-state index contributed by atoms with van der Waals surface area (Å²) in [7, 11) is 0. The van der Waals surface area contributed by atoms with E-state index in [0.29, 0.717) is 56.4 Å². The number of nitrogen functional groups attached to an aromatic ring is 1. The second kappa shape index (κ2) is 23.8. The molecule has 17 heteroatoms. The Hall–Kier alpha value is -9.90. The number of aromatic nitrogens is 7. The molecular formula is C57H49N9O8. The summed E-state index contributed by atoms with van der Waals surface area (Å²) >= 11 is 0. The smallest absolute Gasteiger partial charge is 0.336 e. The quantitative estimate of drug-likeness (QED) is 0.103. The molecule has 7 heterocycles. The summed E-state index contributed by atoms with van der Waals surface area (Å²) in [4.78, 5) is 78.3. The standard InChI is InChI=1S/C20H16N4O2.C16H12N2O2.C10H8O2.C7H7NO.C4H6N2O/c1-12-5-6-17-15(8-12)16(20(25)23-19-9-13(2)26-24-19)10-18(22-17)14-4-3-7-21-11-14;1-10-4-5-14-12(7-10)13(16(19)20)8-15(18-14)11-3-2-6-17-9-11;1-6-2-3-7-5-9(11)10(12)8(7)4-6;1-6(9)7-3-2-4-8-5-7;1-3-2-4(5)6-7-3/h3-11H,1-2H3,(H,23,24,25);2-9H,1H3,(H,19,20);2-4H,5H2,1H3;2-5H,1H3;2H,1H3,(H2,5,6). The molecule has 11 rings (SSSR count). The van der Waals surface area contributed by atoms with E-state index in [1.54, 1.807) is 99.6 Å². The maximum Gasteiger partial charge on any atom is 0.336 e. The number of rotatable bonds is 6. The molecule has 3 aromatic carbocycles. The Balaban J connectivity index is 0.000000146. The van der Waals surface area contributed by atoms with Crippen LogP contribution in [0, 0.1) is 34.6 Å². The largest absolute Gasteiger partial charge is 0.478 e. The van der Waals surface area contributed by atoms with Gasteiger partial charge in [-0.15, -0.1) is 0 Å². The van der Waals surface area contributed by atoms with Gasteiger partial charge in [0.15, 0.2) is 17.4 Å². The van der Waals surface area contributed by atoms with Crippen LogP contribution >= 0.6 is 0 Å². The summed E-state index contributed by atoms with van der Waals surface area (Å²) in [6.07, 6.45) is 10.3. The predicted octanol–water partition coefficient (Wildman–Crippen LogP) is 10.6. The maximum atomic E-state index is 12.9. The van der Waals surface area contributed by atoms with Gasteiger partial charge in [-0.3, -0.25) is 34.1 Å². The molecule has 0 aliphatic heterocycles. The number of carbonyl (C=O) groups is 5. The van der Waals surface area contributed by atoms with Crippen molar-refractivity contribution < 1.29 is 38.1 Å². The lowest BCUT2D eigenvalue weighted by Crippen LogP contribution is -2.13. The summed E-state index contributed by atoms with van der Waals surface area (Å²) in [6, 6.07) is 34.7. The van der Waals surface area contributed by atoms with E-state index < -0.39 is 5.97 Å². The Bertz CT molecular complexity index is 3640. The average Bonchev–Trinajstić information content (AvgIpc) is 4.09. The number of carbonyl (C=O) groups excluding carboxylic acids is 4. The number of hydrogen-bond acceptors (Lipinski definition) is 15. The van der Waals surface area contributed by atoms with Crippen molar-refractivity contribution in [1.29, 1.82) is 0 Å². The molecule has 74 heavy (non-hydrogen) atoms. The van der Waals surface area contributed by atoms with Crippen LogP contribution in [-0.2, 0) is 11.2 Å². The first-order valence-electron chi connectivity index (χ1n) is 22.9. The van der Waals surface area contributed by atoms with Gasteiger partial charge >= 0.3 is 5.97 Å². The number of carboxylic acids is 1. The summed E-state index contributed by atoms with van der Waals surface area (Å²) in [5.41, 5.74) is 15.6. The minimum atomic E-state index is -0.951. The molecule has 0 atom stereocenters. The van der Waals surface area contributed by atoms with E-state index >= 15 is 0 Å². The summed E-state index contributed by atoms with van der Waals surface area (Å²) < 4.78 is 9.60. The van der Waals surface area contributed by atoms with Gasteiger partial charge in [-0.25, -0.2) is 14.8 Å². The monoisotopic (exact) mass is 987 g/mol. The molecule has 370 valence electrons. The second-order valence-corrected chi connectivity index (χ2v) is 17.0. The van der Waals surface area contributed by atoms with E-state index in [0.717, 1.165) is 50.0 Å². The van der Waals surface area contributed by atoms with Gasteiger partial charge in [0.1, 0.15) is 11.5 Å². The van der Waals surface area contributed by atoms with E-state index in [4.69, 9.17) is 10.3 Å². The third-order valence-corrected chi connectivity index (χ3v) is 11.0. The lowest BCUT2D eigenvalue weighted by Gasteiger charge is -2.10. The number of Topliss-reactive ketones (excluding diaryl/α,β-unsaturated/α-hetero) is 3. The summed E-state index contributed by atoms with van der Waals surface area (Å²) in [5.74, 6) is 0.441. The molecular weight excluding hydrogens is 939 g/mol. The molecule has 0 radical (unpaired) electrons. The number of amides is 1. The number of hydrogen-bond donors (Lipinski definition) is 3. The number of nitrogens with zero attached hydrogens (tertiary/aromatic N) is 7. The first-order valence-corrected chi connectivity index (χ1v) is 22.9. The normalized spacial score (nSPS) is 11.1. The van der Waals surface area contributed by atoms with Crippen molar-refractivity contribution in [2.75, 3.05) is 11.1 Å². The fourth-order valence-corrected chi connectivity index (χ4v) is 7.39. The molecule has 1 aliphatic carbocycles. The highest BCUT2D eigenvalue weighted by molar-refractivity contribution is 6.47. The number of carboxylic acid groups (broad SMARTS) is 1. The molecule has 0 spiro atoms. The van der Waals surface area contributed by atoms with Crippen molar-refractivity contribution in [1.82, 2.24) is 35.2 Å². The van der Waals surface area contributed by atoms with Crippen LogP contribution in [0.3, 0.4) is 0 Å². The highest BCUT2D eigenvalue weighted by atomic mass is 16.5. The van der Waals surface area contributed by atoms with Gasteiger partial charge in [-0.2, -0.15) is 0 Å². The van der Waals surface area contributed by atoms with E-state index in [-0.39, 0.29) is 35.2 Å². The molecule has 1 aliphatic rings. The summed E-state index contributed by atoms with van der Waals surface area (Å²) in [6.45, 7) is 10.9. The molecule has 0 fully saturated rings. The molecule has 0 unspecified atom stereocenters. The van der Waals surface area contributed by atoms with Crippen LogP contribution in [0.1, 0.15) is 82.1 Å². The third-order valence-electron chi connectivity index (χ3n) is 11.0. The number of fused-ring (bicyclic) bond motifs is 3. The molecule has 1 amide bonds. The Kier molecular flexibility index (Phi) is 16.7. The van der Waals surface area contributed by atoms with Gasteiger partial charge in [-0.1, -0.05) is 51.3 Å². The number of nitrogens with two attached hydrogens (primary N) is 1. The van der Waals surface area contributed by atoms with Crippen molar-refractivity contribution in [3.05, 3.63) is 208 Å². The lowest BCUT2D eigenvalue weighted by atomic mass is 10.0. The fourth-order valence-electron chi connectivity index (χ4n) is 7.39. The molecule has 0 saturated carbocycles. The second-order valence-electron chi connectivity index (χ2n) is 17.0. The van der Waals surface area contributed by atoms with Crippen LogP contribution in [0.5, 0.6) is 0 Å². The summed E-state index contributed by atoms with van der Waals surface area (Å²) in [5, 5.41) is 20.9. The van der Waals surface area contributed by atoms with Gasteiger partial charge in [0.05, 0.1) is 33.5 Å². The molecule has 0 bridgehead atoms. The number of nitrogens with one attached hydrogen (secondary N) is 1. The average molecular weight is 988 g/mol. The Morgan fingerprint density at radius 3 is 1.59 bits per heavy atom. The van der Waals surface area contributed by atoms with Crippen molar-refractivity contribution in [2.45, 2.75) is 48.0 Å². The van der Waals surface area contributed by atoms with E-state index in [9.17, 15) is 29.1 Å². The molecule has 4 N–H and O–H groups in total. The maximum absolute atomic E-state index is 12.9. The van der Waals surface area contributed by atoms with Crippen LogP contribution < -0.4 is 11.1 Å². The van der Waals surface area contributed by atoms with Gasteiger partial charge in [0.25, 0.3) is 5.91 Å². The number of aryl methyl sites for hydroxylation is 5. The zero-order valence-corrected chi connectivity index (χ0v) is 41.2. The zero-order valence-electron chi connectivity index (χ0n) is 41.2. The zero-order chi connectivity index (χ0) is 52.9. The van der Waals surface area contributed by atoms with E-state index in [1.807, 2.05) is 87.5 Å². The van der Waals surface area contributed by atoms with Crippen LogP contribution in [0.15, 0.2) is 161 Å². The van der Waals surface area contributed by atoms with Gasteiger partial charge in [0.2, 0.25) is 11.6 Å². The molecule has 0 saturated heterocycles. The van der Waals surface area contributed by atoms with Crippen molar-refractivity contribution in [2.24, 2.45) is 0 Å². The number of pyridine rings is 5. The Morgan fingerprint density at radius 1 is 0.608 bits per heavy atom. The van der Waals surface area contributed by atoms with Crippen LogP contribution in [0.2, 0.25) is 0 Å². The Labute approximate surface area is 424 Å². The van der Waals surface area contributed by atoms with Gasteiger partial charge in [0, 0.05) is 88.8 Å². The van der Waals surface area contributed by atoms with Crippen molar-refractivity contribution >= 4 is 62.7 Å². The SMILES string of the molecule is CC(=O)c1cccnc1.Cc1cc(N)no1.Cc1ccc2c(c1)C(=O)C(=O)C2.Cc1ccc2nc(-c3cccnc3)cc(C(=O)Nc3cc(C)on3)c2c1.Cc1ccc2nc(-c3cccnc3)cc(C(=O)O)c2c1. The fraction of sp³-hybridized carbons (Fsp3) is 0.123. The van der Waals surface area contributed by atoms with E-state index in [2.05, 4.69) is 45.1 Å². The van der Waals surface area contributed by atoms with E-state index in [1.165, 1.54) is 6.92 Å². The number of benzene rings is 3. The number of ketones is 3. The van der Waals surface area contributed by atoms with Crippen LogP contribution in [0.25, 0.3) is 44.3 Å². The van der Waals surface area contributed by atoms with Gasteiger partial charge in [-0.05, 0) is 126 Å². The first-order chi connectivity index (χ1) is 35.5. The predicted molar refractivity (Wildman–Crippen MR) is 280 cm³/mol. The highest BCUT2D eigenvalue weighted by Gasteiger charge is 2.27.